The molecule has 76 valence electrons. The van der Waals surface area contributed by atoms with Crippen molar-refractivity contribution in [3.8, 4) is 11.3 Å². The zero-order valence-electron chi connectivity index (χ0n) is 9.01. The molecule has 0 atom stereocenters. The van der Waals surface area contributed by atoms with Crippen molar-refractivity contribution < 1.29 is 0 Å². The molecule has 0 aliphatic carbocycles. The molecule has 2 heterocycles. The normalized spacial score (nSPS) is 10.6. The Morgan fingerprint density at radius 2 is 2.00 bits per heavy atom. The van der Waals surface area contributed by atoms with Gasteiger partial charge in [0.1, 0.15) is 0 Å². The van der Waals surface area contributed by atoms with Gasteiger partial charge in [-0.3, -0.25) is 9.97 Å². The molecule has 2 aromatic heterocycles. The Hall–Kier alpha value is -1.70. The molecule has 0 N–H and O–H groups in total. The van der Waals surface area contributed by atoms with Gasteiger partial charge in [0.15, 0.2) is 0 Å². The van der Waals surface area contributed by atoms with E-state index in [-0.39, 0.29) is 0 Å². The first-order chi connectivity index (χ1) is 7.27. The molecule has 2 rings (SSSR count). The second kappa shape index (κ2) is 4.22. The monoisotopic (exact) mass is 198 g/mol. The van der Waals surface area contributed by atoms with E-state index >= 15 is 0 Å². The lowest BCUT2D eigenvalue weighted by Crippen LogP contribution is -1.91. The van der Waals surface area contributed by atoms with E-state index in [2.05, 4.69) is 29.9 Å². The maximum Gasteiger partial charge on any atom is 0.0717 e. The number of pyridine rings is 2. The van der Waals surface area contributed by atoms with Crippen molar-refractivity contribution in [2.24, 2.45) is 0 Å². The maximum absolute atomic E-state index is 4.31. The predicted octanol–water partition coefficient (Wildman–Crippen LogP) is 3.27. The minimum absolute atomic E-state index is 0.501. The second-order valence-corrected chi connectivity index (χ2v) is 3.88. The Bertz CT molecular complexity index is 435. The van der Waals surface area contributed by atoms with Crippen molar-refractivity contribution in [2.75, 3.05) is 0 Å². The summed E-state index contributed by atoms with van der Waals surface area (Å²) in [6.45, 7) is 4.33. The quantitative estimate of drug-likeness (QED) is 0.740. The van der Waals surface area contributed by atoms with Gasteiger partial charge in [-0.25, -0.2) is 0 Å². The number of rotatable bonds is 2. The molecule has 0 aromatic carbocycles. The van der Waals surface area contributed by atoms with Crippen molar-refractivity contribution >= 4 is 0 Å². The van der Waals surface area contributed by atoms with E-state index < -0.39 is 0 Å². The van der Waals surface area contributed by atoms with E-state index in [1.807, 2.05) is 30.6 Å². The maximum atomic E-state index is 4.31. The first-order valence-corrected chi connectivity index (χ1v) is 5.13. The summed E-state index contributed by atoms with van der Waals surface area (Å²) in [5.74, 6) is 0.501. The van der Waals surface area contributed by atoms with Crippen LogP contribution in [0, 0.1) is 0 Å². The van der Waals surface area contributed by atoms with Gasteiger partial charge in [0.25, 0.3) is 0 Å². The summed E-state index contributed by atoms with van der Waals surface area (Å²) in [4.78, 5) is 8.55. The van der Waals surface area contributed by atoms with Crippen LogP contribution in [-0.2, 0) is 0 Å². The fourth-order valence-corrected chi connectivity index (χ4v) is 1.45. The molecule has 2 nitrogen and oxygen atoms in total. The fraction of sp³-hybridized carbons (Fsp3) is 0.231. The SMILES string of the molecule is CC(C)c1cncc(-c2ccccn2)c1. The third kappa shape index (κ3) is 2.21. The smallest absolute Gasteiger partial charge is 0.0717 e. The number of nitrogens with zero attached hydrogens (tertiary/aromatic N) is 2. The van der Waals surface area contributed by atoms with Crippen LogP contribution in [0.2, 0.25) is 0 Å². The number of aromatic nitrogens is 2. The topological polar surface area (TPSA) is 25.8 Å². The molecular formula is C13H14N2. The first kappa shape index (κ1) is 9.84. The molecule has 0 aliphatic rings. The van der Waals surface area contributed by atoms with Gasteiger partial charge in [0, 0.05) is 24.2 Å². The predicted molar refractivity (Wildman–Crippen MR) is 61.6 cm³/mol. The fourth-order valence-electron chi connectivity index (χ4n) is 1.45. The van der Waals surface area contributed by atoms with Crippen LogP contribution in [-0.4, -0.2) is 9.97 Å². The second-order valence-electron chi connectivity index (χ2n) is 3.88. The lowest BCUT2D eigenvalue weighted by atomic mass is 10.0. The lowest BCUT2D eigenvalue weighted by molar-refractivity contribution is 0.858. The molecule has 0 fully saturated rings. The molecule has 0 spiro atoms. The van der Waals surface area contributed by atoms with Gasteiger partial charge in [-0.1, -0.05) is 19.9 Å². The zero-order valence-corrected chi connectivity index (χ0v) is 9.01. The molecular weight excluding hydrogens is 184 g/mol. The van der Waals surface area contributed by atoms with Crippen LogP contribution < -0.4 is 0 Å². The highest BCUT2D eigenvalue weighted by molar-refractivity contribution is 5.58. The highest BCUT2D eigenvalue weighted by Crippen LogP contribution is 2.20. The summed E-state index contributed by atoms with van der Waals surface area (Å²) in [7, 11) is 0. The average Bonchev–Trinajstić information content (AvgIpc) is 2.30. The van der Waals surface area contributed by atoms with Crippen molar-refractivity contribution in [1.82, 2.24) is 9.97 Å². The summed E-state index contributed by atoms with van der Waals surface area (Å²) < 4.78 is 0. The van der Waals surface area contributed by atoms with Crippen LogP contribution in [0.15, 0.2) is 42.9 Å². The molecule has 0 unspecified atom stereocenters. The Morgan fingerprint density at radius 1 is 1.13 bits per heavy atom. The Morgan fingerprint density at radius 3 is 2.67 bits per heavy atom. The minimum atomic E-state index is 0.501. The molecule has 2 heteroatoms. The van der Waals surface area contributed by atoms with E-state index in [0.717, 1.165) is 11.3 Å². The van der Waals surface area contributed by atoms with Gasteiger partial charge in [0.05, 0.1) is 5.69 Å². The third-order valence-corrected chi connectivity index (χ3v) is 2.39. The summed E-state index contributed by atoms with van der Waals surface area (Å²) in [5, 5.41) is 0. The molecule has 0 saturated heterocycles. The van der Waals surface area contributed by atoms with Crippen LogP contribution in [0.1, 0.15) is 25.3 Å². The van der Waals surface area contributed by atoms with Crippen LogP contribution >= 0.6 is 0 Å². The molecule has 0 amide bonds. The third-order valence-electron chi connectivity index (χ3n) is 2.39. The van der Waals surface area contributed by atoms with Crippen LogP contribution in [0.3, 0.4) is 0 Å². The van der Waals surface area contributed by atoms with Gasteiger partial charge in [-0.15, -0.1) is 0 Å². The summed E-state index contributed by atoms with van der Waals surface area (Å²) in [5.41, 5.74) is 3.31. The summed E-state index contributed by atoms with van der Waals surface area (Å²) >= 11 is 0. The molecule has 0 bridgehead atoms. The van der Waals surface area contributed by atoms with E-state index in [0.29, 0.717) is 5.92 Å². The van der Waals surface area contributed by atoms with Crippen LogP contribution in [0.25, 0.3) is 11.3 Å². The highest BCUT2D eigenvalue weighted by atomic mass is 14.7. The van der Waals surface area contributed by atoms with E-state index in [9.17, 15) is 0 Å². The standard InChI is InChI=1S/C13H14N2/c1-10(2)11-7-12(9-14-8-11)13-5-3-4-6-15-13/h3-10H,1-2H3. The van der Waals surface area contributed by atoms with Crippen molar-refractivity contribution in [3.63, 3.8) is 0 Å². The average molecular weight is 198 g/mol. The van der Waals surface area contributed by atoms with Crippen LogP contribution in [0.4, 0.5) is 0 Å². The van der Waals surface area contributed by atoms with Gasteiger partial charge in [-0.2, -0.15) is 0 Å². The number of hydrogen-bond donors (Lipinski definition) is 0. The summed E-state index contributed by atoms with van der Waals surface area (Å²) in [6, 6.07) is 8.06. The molecule has 15 heavy (non-hydrogen) atoms. The Kier molecular flexibility index (Phi) is 2.77. The minimum Gasteiger partial charge on any atom is -0.264 e. The van der Waals surface area contributed by atoms with Gasteiger partial charge in [0.2, 0.25) is 0 Å². The highest BCUT2D eigenvalue weighted by Gasteiger charge is 2.03. The van der Waals surface area contributed by atoms with Gasteiger partial charge >= 0.3 is 0 Å². The van der Waals surface area contributed by atoms with E-state index in [1.54, 1.807) is 6.20 Å². The Labute approximate surface area is 90.0 Å². The van der Waals surface area contributed by atoms with Crippen LogP contribution in [0.5, 0.6) is 0 Å². The molecule has 0 radical (unpaired) electrons. The van der Waals surface area contributed by atoms with Crippen molar-refractivity contribution in [3.05, 3.63) is 48.4 Å². The number of hydrogen-bond acceptors (Lipinski definition) is 2. The zero-order chi connectivity index (χ0) is 10.7. The summed E-state index contributed by atoms with van der Waals surface area (Å²) in [6.07, 6.45) is 5.57. The molecule has 0 aliphatic heterocycles. The van der Waals surface area contributed by atoms with Gasteiger partial charge < -0.3 is 0 Å². The van der Waals surface area contributed by atoms with E-state index in [1.165, 1.54) is 5.56 Å². The largest absolute Gasteiger partial charge is 0.264 e. The lowest BCUT2D eigenvalue weighted by Gasteiger charge is -2.06. The molecule has 0 saturated carbocycles. The Balaban J connectivity index is 2.42. The molecule has 2 aromatic rings. The van der Waals surface area contributed by atoms with Crippen molar-refractivity contribution in [2.45, 2.75) is 19.8 Å². The van der Waals surface area contributed by atoms with Crippen molar-refractivity contribution in [1.29, 1.82) is 0 Å². The van der Waals surface area contributed by atoms with Gasteiger partial charge in [-0.05, 0) is 29.7 Å². The van der Waals surface area contributed by atoms with E-state index in [4.69, 9.17) is 0 Å². The first-order valence-electron chi connectivity index (χ1n) is 5.13.